The molecule has 1 aliphatic heterocycles. The zero-order chi connectivity index (χ0) is 21.3. The Kier molecular flexibility index (Phi) is 5.68. The Morgan fingerprint density at radius 3 is 2.43 bits per heavy atom. The number of quaternary nitrogens is 1. The van der Waals surface area contributed by atoms with E-state index in [0.717, 1.165) is 26.1 Å². The minimum Gasteiger partial charge on any atom is -0.450 e. The average molecular weight is 409 g/mol. The molecule has 0 spiro atoms. The molecular formula is C24H26FN2O3+. The lowest BCUT2D eigenvalue weighted by Crippen LogP contribution is -3.11. The van der Waals surface area contributed by atoms with Crippen molar-refractivity contribution in [1.29, 1.82) is 0 Å². The standard InChI is InChI=1S/C24H25FN2O3/c1-3-26(4-2)14-7-15-27-21(16-10-12-17(25)13-11-16)20-22(28)18-8-5-6-9-19(18)30-23(20)24(27)29/h5-6,8-13,21H,3-4,7,14-15H2,1-2H3/p+1/t21-/m0/s1. The van der Waals surface area contributed by atoms with Crippen LogP contribution in [0.5, 0.6) is 0 Å². The third-order valence-electron chi connectivity index (χ3n) is 5.99. The maximum Gasteiger partial charge on any atom is 0.290 e. The summed E-state index contributed by atoms with van der Waals surface area (Å²) in [5, 5.41) is 0.450. The minimum absolute atomic E-state index is 0.100. The fraction of sp³-hybridized carbons (Fsp3) is 0.333. The van der Waals surface area contributed by atoms with Crippen LogP contribution >= 0.6 is 0 Å². The Bertz CT molecular complexity index is 1120. The quantitative estimate of drug-likeness (QED) is 0.653. The number of amides is 1. The lowest BCUT2D eigenvalue weighted by molar-refractivity contribution is -0.896. The predicted octanol–water partition coefficient (Wildman–Crippen LogP) is 2.79. The van der Waals surface area contributed by atoms with Gasteiger partial charge in [-0.3, -0.25) is 9.59 Å². The molecule has 1 amide bonds. The number of nitrogens with one attached hydrogen (secondary N) is 1. The van der Waals surface area contributed by atoms with E-state index in [1.807, 2.05) is 0 Å². The van der Waals surface area contributed by atoms with E-state index in [1.165, 1.54) is 17.0 Å². The second-order valence-corrected chi connectivity index (χ2v) is 7.68. The van der Waals surface area contributed by atoms with Gasteiger partial charge in [-0.15, -0.1) is 0 Å². The van der Waals surface area contributed by atoms with E-state index in [2.05, 4.69) is 13.8 Å². The smallest absolute Gasteiger partial charge is 0.290 e. The number of hydrogen-bond acceptors (Lipinski definition) is 3. The number of rotatable bonds is 7. The maximum atomic E-state index is 13.5. The molecule has 0 unspecified atom stereocenters. The molecule has 2 aromatic carbocycles. The van der Waals surface area contributed by atoms with Crippen LogP contribution in [0.4, 0.5) is 4.39 Å². The van der Waals surface area contributed by atoms with Crippen LogP contribution in [0.15, 0.2) is 57.7 Å². The van der Waals surface area contributed by atoms with Crippen molar-refractivity contribution in [2.24, 2.45) is 0 Å². The van der Waals surface area contributed by atoms with Gasteiger partial charge in [0.2, 0.25) is 5.76 Å². The van der Waals surface area contributed by atoms with Crippen molar-refractivity contribution in [2.45, 2.75) is 26.3 Å². The van der Waals surface area contributed by atoms with E-state index < -0.39 is 6.04 Å². The molecule has 1 atom stereocenters. The number of para-hydroxylation sites is 1. The summed E-state index contributed by atoms with van der Waals surface area (Å²) in [6.45, 7) is 7.78. The van der Waals surface area contributed by atoms with Gasteiger partial charge < -0.3 is 14.2 Å². The number of fused-ring (bicyclic) bond motifs is 2. The van der Waals surface area contributed by atoms with Gasteiger partial charge in [0.1, 0.15) is 11.4 Å². The Balaban J connectivity index is 1.78. The fourth-order valence-electron chi connectivity index (χ4n) is 4.29. The van der Waals surface area contributed by atoms with E-state index in [9.17, 15) is 14.0 Å². The Labute approximate surface area is 174 Å². The van der Waals surface area contributed by atoms with Crippen molar-refractivity contribution < 1.29 is 18.5 Å². The van der Waals surface area contributed by atoms with Gasteiger partial charge in [-0.2, -0.15) is 0 Å². The van der Waals surface area contributed by atoms with Crippen LogP contribution < -0.4 is 10.3 Å². The van der Waals surface area contributed by atoms with E-state index in [-0.39, 0.29) is 22.9 Å². The van der Waals surface area contributed by atoms with Gasteiger partial charge in [-0.1, -0.05) is 24.3 Å². The summed E-state index contributed by atoms with van der Waals surface area (Å²) >= 11 is 0. The fourth-order valence-corrected chi connectivity index (χ4v) is 4.29. The summed E-state index contributed by atoms with van der Waals surface area (Å²) < 4.78 is 19.4. The first-order valence-corrected chi connectivity index (χ1v) is 10.5. The molecule has 1 aliphatic rings. The minimum atomic E-state index is -0.569. The van der Waals surface area contributed by atoms with Crippen LogP contribution in [0.2, 0.25) is 0 Å². The van der Waals surface area contributed by atoms with Crippen molar-refractivity contribution in [2.75, 3.05) is 26.2 Å². The highest BCUT2D eigenvalue weighted by atomic mass is 19.1. The molecule has 4 rings (SSSR count). The highest BCUT2D eigenvalue weighted by molar-refractivity contribution is 5.99. The number of halogens is 1. The third-order valence-corrected chi connectivity index (χ3v) is 5.99. The van der Waals surface area contributed by atoms with Gasteiger partial charge in [-0.25, -0.2) is 4.39 Å². The molecule has 0 saturated heterocycles. The summed E-state index contributed by atoms with van der Waals surface area (Å²) in [4.78, 5) is 29.7. The molecule has 30 heavy (non-hydrogen) atoms. The van der Waals surface area contributed by atoms with Crippen LogP contribution in [0, 0.1) is 5.82 Å². The van der Waals surface area contributed by atoms with Crippen molar-refractivity contribution in [3.05, 3.63) is 81.5 Å². The Hall–Kier alpha value is -2.99. The highest BCUT2D eigenvalue weighted by Gasteiger charge is 2.42. The number of nitrogens with zero attached hydrogens (tertiary/aromatic N) is 1. The molecule has 3 aromatic rings. The van der Waals surface area contributed by atoms with Gasteiger partial charge in [0.25, 0.3) is 5.91 Å². The van der Waals surface area contributed by atoms with Gasteiger partial charge >= 0.3 is 0 Å². The summed E-state index contributed by atoms with van der Waals surface area (Å²) in [7, 11) is 0. The largest absolute Gasteiger partial charge is 0.450 e. The van der Waals surface area contributed by atoms with Crippen molar-refractivity contribution in [1.82, 2.24) is 4.90 Å². The topological polar surface area (TPSA) is 55.0 Å². The molecule has 6 heteroatoms. The summed E-state index contributed by atoms with van der Waals surface area (Å²) in [5.74, 6) is -0.537. The van der Waals surface area contributed by atoms with Crippen molar-refractivity contribution in [3.8, 4) is 0 Å². The molecular weight excluding hydrogens is 383 g/mol. The molecule has 156 valence electrons. The highest BCUT2D eigenvalue weighted by Crippen LogP contribution is 2.38. The first-order valence-electron chi connectivity index (χ1n) is 10.5. The number of benzene rings is 2. The Morgan fingerprint density at radius 1 is 1.03 bits per heavy atom. The SMILES string of the molecule is CC[NH+](CC)CCCN1C(=O)c2oc3ccccc3c(=O)c2[C@@H]1c1ccc(F)cc1. The number of carbonyl (C=O) groups excluding carboxylic acids is 1. The molecule has 0 fully saturated rings. The van der Waals surface area contributed by atoms with Crippen LogP contribution in [-0.4, -0.2) is 37.0 Å². The van der Waals surface area contributed by atoms with Gasteiger partial charge in [0.05, 0.1) is 36.6 Å². The second kappa shape index (κ2) is 8.40. The van der Waals surface area contributed by atoms with Gasteiger partial charge in [0, 0.05) is 13.0 Å². The number of hydrogen-bond donors (Lipinski definition) is 1. The lowest BCUT2D eigenvalue weighted by atomic mass is 9.98. The molecule has 0 aliphatic carbocycles. The molecule has 0 saturated carbocycles. The van der Waals surface area contributed by atoms with Crippen LogP contribution in [0.25, 0.3) is 11.0 Å². The molecule has 1 aromatic heterocycles. The molecule has 0 bridgehead atoms. The average Bonchev–Trinajstić information content (AvgIpc) is 3.04. The van der Waals surface area contributed by atoms with E-state index in [0.29, 0.717) is 28.6 Å². The normalized spacial score (nSPS) is 15.9. The molecule has 5 nitrogen and oxygen atoms in total. The zero-order valence-corrected chi connectivity index (χ0v) is 17.3. The Morgan fingerprint density at radius 2 is 1.73 bits per heavy atom. The van der Waals surface area contributed by atoms with Crippen LogP contribution in [0.1, 0.15) is 48.0 Å². The van der Waals surface area contributed by atoms with Gasteiger partial charge in [0.15, 0.2) is 5.43 Å². The summed E-state index contributed by atoms with van der Waals surface area (Å²) in [5.41, 5.74) is 1.26. The van der Waals surface area contributed by atoms with Gasteiger partial charge in [-0.05, 0) is 43.7 Å². The summed E-state index contributed by atoms with van der Waals surface area (Å²) in [6, 6.07) is 12.4. The lowest BCUT2D eigenvalue weighted by Gasteiger charge is -2.26. The first-order chi connectivity index (χ1) is 14.5. The predicted molar refractivity (Wildman–Crippen MR) is 113 cm³/mol. The first kappa shape index (κ1) is 20.3. The zero-order valence-electron chi connectivity index (χ0n) is 17.3. The van der Waals surface area contributed by atoms with E-state index >= 15 is 0 Å². The third kappa shape index (κ3) is 3.52. The second-order valence-electron chi connectivity index (χ2n) is 7.68. The maximum absolute atomic E-state index is 13.5. The van der Waals surface area contributed by atoms with Crippen molar-refractivity contribution in [3.63, 3.8) is 0 Å². The van der Waals surface area contributed by atoms with E-state index in [4.69, 9.17) is 4.42 Å². The van der Waals surface area contributed by atoms with Crippen molar-refractivity contribution >= 4 is 16.9 Å². The summed E-state index contributed by atoms with van der Waals surface area (Å²) in [6.07, 6.45) is 0.808. The monoisotopic (exact) mass is 409 g/mol. The molecule has 0 radical (unpaired) electrons. The molecule has 1 N–H and O–H groups in total. The van der Waals surface area contributed by atoms with E-state index in [1.54, 1.807) is 41.3 Å². The molecule has 2 heterocycles. The van der Waals surface area contributed by atoms with Crippen LogP contribution in [-0.2, 0) is 0 Å². The number of carbonyl (C=O) groups is 1. The van der Waals surface area contributed by atoms with Crippen LogP contribution in [0.3, 0.4) is 0 Å².